The predicted molar refractivity (Wildman–Crippen MR) is 146 cm³/mol. The highest BCUT2D eigenvalue weighted by atomic mass is 19.4. The van der Waals surface area contributed by atoms with Gasteiger partial charge in [-0.2, -0.15) is 18.3 Å². The van der Waals surface area contributed by atoms with E-state index in [4.69, 9.17) is 4.74 Å². The number of hydrogen-bond acceptors (Lipinski definition) is 4. The van der Waals surface area contributed by atoms with E-state index >= 15 is 0 Å². The second-order valence-corrected chi connectivity index (χ2v) is 9.83. The molecule has 1 aromatic heterocycles. The molecular weight excluding hydrogens is 536 g/mol. The quantitative estimate of drug-likeness (QED) is 0.210. The van der Waals surface area contributed by atoms with E-state index in [-0.39, 0.29) is 30.2 Å². The number of anilines is 1. The van der Waals surface area contributed by atoms with Crippen LogP contribution in [0.1, 0.15) is 40.0 Å². The Kier molecular flexibility index (Phi) is 6.82. The largest absolute Gasteiger partial charge is 0.457 e. The zero-order chi connectivity index (χ0) is 28.6. The molecule has 0 aliphatic carbocycles. The Morgan fingerprint density at radius 1 is 0.951 bits per heavy atom. The van der Waals surface area contributed by atoms with E-state index in [1.54, 1.807) is 24.3 Å². The lowest BCUT2D eigenvalue weighted by Crippen LogP contribution is -2.36. The molecule has 2 atom stereocenters. The molecule has 1 amide bonds. The molecule has 6 rings (SSSR count). The summed E-state index contributed by atoms with van der Waals surface area (Å²) in [5.41, 5.74) is 1.47. The lowest BCUT2D eigenvalue weighted by molar-refractivity contribution is -0.173. The third kappa shape index (κ3) is 5.58. The monoisotopic (exact) mass is 560 g/mol. The molecule has 0 radical (unpaired) electrons. The van der Waals surface area contributed by atoms with Crippen LogP contribution in [0.3, 0.4) is 0 Å². The first-order valence-corrected chi connectivity index (χ1v) is 12.9. The number of carbonyl (C=O) groups excluding carboxylic acids is 1. The van der Waals surface area contributed by atoms with Gasteiger partial charge in [0.1, 0.15) is 28.7 Å². The molecule has 4 aromatic carbocycles. The van der Waals surface area contributed by atoms with Gasteiger partial charge in [0, 0.05) is 13.0 Å². The summed E-state index contributed by atoms with van der Waals surface area (Å²) in [4.78, 5) is 13.1. The molecular formula is C31H24F4N4O2. The van der Waals surface area contributed by atoms with Crippen molar-refractivity contribution in [2.24, 2.45) is 0 Å². The van der Waals surface area contributed by atoms with Crippen molar-refractivity contribution >= 4 is 22.5 Å². The van der Waals surface area contributed by atoms with Crippen molar-refractivity contribution in [2.75, 3.05) is 5.32 Å². The van der Waals surface area contributed by atoms with Crippen LogP contribution < -0.4 is 15.4 Å². The number of nitrogens with one attached hydrogen (secondary N) is 2. The molecule has 0 spiro atoms. The van der Waals surface area contributed by atoms with Crippen molar-refractivity contribution in [1.29, 1.82) is 0 Å². The Bertz CT molecular complexity index is 1700. The van der Waals surface area contributed by atoms with E-state index in [1.807, 2.05) is 42.5 Å². The van der Waals surface area contributed by atoms with Crippen LogP contribution >= 0.6 is 0 Å². The van der Waals surface area contributed by atoms with Crippen LogP contribution in [0, 0.1) is 5.82 Å². The molecule has 41 heavy (non-hydrogen) atoms. The highest BCUT2D eigenvalue weighted by Crippen LogP contribution is 2.44. The zero-order valence-corrected chi connectivity index (χ0v) is 21.5. The van der Waals surface area contributed by atoms with Gasteiger partial charge >= 0.3 is 6.18 Å². The predicted octanol–water partition coefficient (Wildman–Crippen LogP) is 7.56. The minimum absolute atomic E-state index is 0.0253. The van der Waals surface area contributed by atoms with Crippen LogP contribution in [0.25, 0.3) is 10.8 Å². The Morgan fingerprint density at radius 3 is 2.34 bits per heavy atom. The van der Waals surface area contributed by atoms with E-state index in [1.165, 1.54) is 30.5 Å². The zero-order valence-electron chi connectivity index (χ0n) is 21.5. The number of ether oxygens (including phenoxy) is 1. The fourth-order valence-electron chi connectivity index (χ4n) is 4.96. The summed E-state index contributed by atoms with van der Waals surface area (Å²) < 4.78 is 62.0. The summed E-state index contributed by atoms with van der Waals surface area (Å²) >= 11 is 0. The first kappa shape index (κ1) is 26.4. The molecule has 0 bridgehead atoms. The van der Waals surface area contributed by atoms with Crippen molar-refractivity contribution < 1.29 is 27.1 Å². The Labute approximate surface area is 232 Å². The van der Waals surface area contributed by atoms with E-state index in [9.17, 15) is 22.4 Å². The lowest BCUT2D eigenvalue weighted by atomic mass is 9.94. The van der Waals surface area contributed by atoms with Gasteiger partial charge in [-0.3, -0.25) is 4.79 Å². The third-order valence-electron chi connectivity index (χ3n) is 7.08. The smallest absolute Gasteiger partial charge is 0.410 e. The van der Waals surface area contributed by atoms with Gasteiger partial charge in [-0.15, -0.1) is 0 Å². The number of fused-ring (bicyclic) bond motifs is 2. The first-order chi connectivity index (χ1) is 19.7. The topological polar surface area (TPSA) is 68.2 Å². The van der Waals surface area contributed by atoms with Gasteiger partial charge < -0.3 is 15.4 Å². The first-order valence-electron chi connectivity index (χ1n) is 12.9. The van der Waals surface area contributed by atoms with Crippen LogP contribution in [0.4, 0.5) is 23.4 Å². The average Bonchev–Trinajstić information content (AvgIpc) is 3.41. The maximum atomic E-state index is 14.1. The van der Waals surface area contributed by atoms with Gasteiger partial charge in [0.05, 0.1) is 12.2 Å². The van der Waals surface area contributed by atoms with Gasteiger partial charge in [0.2, 0.25) is 0 Å². The maximum Gasteiger partial charge on any atom is 0.410 e. The minimum Gasteiger partial charge on any atom is -0.457 e. The van der Waals surface area contributed by atoms with Gasteiger partial charge in [-0.1, -0.05) is 48.5 Å². The minimum atomic E-state index is -4.55. The Hall–Kier alpha value is -4.86. The van der Waals surface area contributed by atoms with Crippen LogP contribution in [-0.2, 0) is 6.54 Å². The third-order valence-corrected chi connectivity index (χ3v) is 7.08. The summed E-state index contributed by atoms with van der Waals surface area (Å²) in [6.07, 6.45) is -3.65. The number of alkyl halides is 3. The second kappa shape index (κ2) is 10.6. The van der Waals surface area contributed by atoms with Gasteiger partial charge in [0.15, 0.2) is 6.04 Å². The van der Waals surface area contributed by atoms with E-state index in [2.05, 4.69) is 15.7 Å². The van der Waals surface area contributed by atoms with Crippen LogP contribution in [-0.4, -0.2) is 21.9 Å². The highest BCUT2D eigenvalue weighted by Gasteiger charge is 2.47. The Morgan fingerprint density at radius 2 is 1.63 bits per heavy atom. The molecule has 2 N–H and O–H groups in total. The molecule has 10 heteroatoms. The van der Waals surface area contributed by atoms with Crippen molar-refractivity contribution in [3.63, 3.8) is 0 Å². The molecule has 0 fully saturated rings. The normalized spacial score (nSPS) is 16.6. The molecule has 5 aromatic rings. The summed E-state index contributed by atoms with van der Waals surface area (Å²) in [6, 6.07) is 23.2. The van der Waals surface area contributed by atoms with E-state index < -0.39 is 24.2 Å². The SMILES string of the molecule is O=C(NCc1ccc(Oc2ccc(F)cc2)cc1)c1cnn2c1NC(c1ccc3ccccc3c1)CC2C(F)(F)F. The number of hydrogen-bond donors (Lipinski definition) is 2. The number of aromatic nitrogens is 2. The van der Waals surface area contributed by atoms with E-state index in [0.717, 1.165) is 21.0 Å². The van der Waals surface area contributed by atoms with Crippen molar-refractivity contribution in [2.45, 2.75) is 31.2 Å². The van der Waals surface area contributed by atoms with Crippen molar-refractivity contribution in [3.8, 4) is 11.5 Å². The van der Waals surface area contributed by atoms with Crippen molar-refractivity contribution in [3.05, 3.63) is 120 Å². The summed E-state index contributed by atoms with van der Waals surface area (Å²) in [6.45, 7) is 0.136. The standard InChI is InChI=1S/C31H24F4N4O2/c32-23-9-13-25(14-10-23)41-24-11-5-19(6-12-24)17-36-30(40)26-18-37-39-28(31(33,34)35)16-27(38-29(26)39)22-8-7-20-3-1-2-4-21(20)15-22/h1-15,18,27-28,38H,16-17H2,(H,36,40). The summed E-state index contributed by atoms with van der Waals surface area (Å²) in [7, 11) is 0. The molecule has 0 saturated carbocycles. The van der Waals surface area contributed by atoms with Gasteiger partial charge in [-0.25, -0.2) is 9.07 Å². The average molecular weight is 561 g/mol. The lowest BCUT2D eigenvalue weighted by Gasteiger charge is -2.34. The maximum absolute atomic E-state index is 14.1. The molecule has 1 aliphatic heterocycles. The highest BCUT2D eigenvalue weighted by molar-refractivity contribution is 5.99. The number of nitrogens with zero attached hydrogens (tertiary/aromatic N) is 2. The number of carbonyl (C=O) groups is 1. The molecule has 0 saturated heterocycles. The van der Waals surface area contributed by atoms with Crippen molar-refractivity contribution in [1.82, 2.24) is 15.1 Å². The molecule has 2 unspecified atom stereocenters. The molecule has 208 valence electrons. The van der Waals surface area contributed by atoms with E-state index in [0.29, 0.717) is 17.1 Å². The second-order valence-electron chi connectivity index (χ2n) is 9.83. The molecule has 2 heterocycles. The van der Waals surface area contributed by atoms with Crippen LogP contribution in [0.15, 0.2) is 97.2 Å². The Balaban J connectivity index is 1.18. The fraction of sp³-hybridized carbons (Fsp3) is 0.161. The van der Waals surface area contributed by atoms with Crippen LogP contribution in [0.2, 0.25) is 0 Å². The summed E-state index contributed by atoms with van der Waals surface area (Å²) in [5.74, 6) is 0.115. The summed E-state index contributed by atoms with van der Waals surface area (Å²) in [5, 5.41) is 11.8. The molecule has 6 nitrogen and oxygen atoms in total. The number of benzene rings is 4. The van der Waals surface area contributed by atoms with Gasteiger partial charge in [0.25, 0.3) is 5.91 Å². The number of halogens is 4. The number of rotatable bonds is 6. The van der Waals surface area contributed by atoms with Crippen LogP contribution in [0.5, 0.6) is 11.5 Å². The number of amides is 1. The van der Waals surface area contributed by atoms with Gasteiger partial charge in [-0.05, 0) is 64.4 Å². The fourth-order valence-corrected chi connectivity index (χ4v) is 4.96. The molecule has 1 aliphatic rings.